The number of fused-ring (bicyclic) bond motifs is 1. The molecule has 2 aromatic rings. The summed E-state index contributed by atoms with van der Waals surface area (Å²) in [5.41, 5.74) is 1.75. The zero-order chi connectivity index (χ0) is 21.4. The molecule has 4 rings (SSSR count). The highest BCUT2D eigenvalue weighted by Crippen LogP contribution is 2.35. The van der Waals surface area contributed by atoms with Crippen molar-refractivity contribution in [2.75, 3.05) is 31.2 Å². The summed E-state index contributed by atoms with van der Waals surface area (Å²) in [6, 6.07) is 3.77. The maximum Gasteiger partial charge on any atom is 0.267 e. The van der Waals surface area contributed by atoms with Gasteiger partial charge in [-0.15, -0.1) is 0 Å². The molecule has 0 radical (unpaired) electrons. The molecule has 2 aliphatic rings. The van der Waals surface area contributed by atoms with Crippen LogP contribution in [-0.2, 0) is 9.53 Å². The van der Waals surface area contributed by atoms with Gasteiger partial charge in [-0.2, -0.15) is 0 Å². The molecule has 2 aliphatic heterocycles. The average Bonchev–Trinajstić information content (AvgIpc) is 3.03. The van der Waals surface area contributed by atoms with Gasteiger partial charge < -0.3 is 9.64 Å². The van der Waals surface area contributed by atoms with E-state index in [4.69, 9.17) is 21.9 Å². The van der Waals surface area contributed by atoms with Crippen molar-refractivity contribution in [3.8, 4) is 0 Å². The lowest BCUT2D eigenvalue weighted by atomic mass is 10.2. The van der Waals surface area contributed by atoms with Gasteiger partial charge in [0.25, 0.3) is 11.5 Å². The van der Waals surface area contributed by atoms with Gasteiger partial charge in [0.15, 0.2) is 0 Å². The van der Waals surface area contributed by atoms with Crippen LogP contribution in [0.4, 0.5) is 5.82 Å². The van der Waals surface area contributed by atoms with Crippen LogP contribution in [0.5, 0.6) is 0 Å². The maximum atomic E-state index is 13.4. The number of thiocarbonyl (C=S) groups is 1. The van der Waals surface area contributed by atoms with Crippen LogP contribution < -0.4 is 10.5 Å². The molecule has 7 nitrogen and oxygen atoms in total. The molecule has 0 spiro atoms. The Balaban J connectivity index is 1.88. The predicted octanol–water partition coefficient (Wildman–Crippen LogP) is 2.84. The number of carbonyl (C=O) groups excluding carboxylic acids is 1. The number of hydrogen-bond donors (Lipinski definition) is 0. The molecule has 158 valence electrons. The molecule has 1 atom stereocenters. The first-order chi connectivity index (χ1) is 14.4. The Bertz CT molecular complexity index is 1110. The lowest BCUT2D eigenvalue weighted by molar-refractivity contribution is -0.123. The van der Waals surface area contributed by atoms with Crippen LogP contribution in [-0.4, -0.2) is 56.9 Å². The van der Waals surface area contributed by atoms with E-state index in [1.807, 2.05) is 32.9 Å². The van der Waals surface area contributed by atoms with Gasteiger partial charge >= 0.3 is 0 Å². The van der Waals surface area contributed by atoms with Crippen molar-refractivity contribution in [3.05, 3.63) is 44.7 Å². The van der Waals surface area contributed by atoms with E-state index in [1.54, 1.807) is 21.6 Å². The van der Waals surface area contributed by atoms with E-state index in [0.717, 1.165) is 12.0 Å². The van der Waals surface area contributed by atoms with Gasteiger partial charge in [0.2, 0.25) is 0 Å². The Morgan fingerprint density at radius 1 is 1.33 bits per heavy atom. The number of rotatable bonds is 4. The molecule has 2 fully saturated rings. The Labute approximate surface area is 184 Å². The highest BCUT2D eigenvalue weighted by molar-refractivity contribution is 8.26. The van der Waals surface area contributed by atoms with Crippen molar-refractivity contribution in [2.45, 2.75) is 33.2 Å². The fraction of sp³-hybridized carbons (Fsp3) is 0.429. The summed E-state index contributed by atoms with van der Waals surface area (Å²) in [6.45, 7) is 8.36. The molecular formula is C21H24N4O3S2. The number of pyridine rings is 1. The van der Waals surface area contributed by atoms with Gasteiger partial charge in [-0.3, -0.25) is 18.9 Å². The van der Waals surface area contributed by atoms with Crippen LogP contribution in [0, 0.1) is 6.92 Å². The van der Waals surface area contributed by atoms with E-state index < -0.39 is 0 Å². The second-order valence-electron chi connectivity index (χ2n) is 7.45. The Hall–Kier alpha value is -2.23. The minimum Gasteiger partial charge on any atom is -0.378 e. The Kier molecular flexibility index (Phi) is 5.95. The number of aryl methyl sites for hydroxylation is 1. The standard InChI is InChI=1S/C21H24N4O3S2/c1-4-14(3)25-20(27)16(30-21(25)29)12-15-18(23-8-10-28-11-9-23)22-17-13(2)6-5-7-24(17)19(15)26/h5-7,12,14H,4,8-11H2,1-3H3/b16-12-/t14-/m0/s1. The first kappa shape index (κ1) is 21.0. The molecule has 0 saturated carbocycles. The summed E-state index contributed by atoms with van der Waals surface area (Å²) >= 11 is 6.68. The zero-order valence-electron chi connectivity index (χ0n) is 17.3. The summed E-state index contributed by atoms with van der Waals surface area (Å²) < 4.78 is 7.54. The fourth-order valence-electron chi connectivity index (χ4n) is 3.62. The number of aromatic nitrogens is 2. The van der Waals surface area contributed by atoms with Crippen molar-refractivity contribution < 1.29 is 9.53 Å². The smallest absolute Gasteiger partial charge is 0.267 e. The normalized spacial score (nSPS) is 19.9. The van der Waals surface area contributed by atoms with Gasteiger partial charge in [-0.25, -0.2) is 4.98 Å². The molecule has 0 N–H and O–H groups in total. The molecule has 30 heavy (non-hydrogen) atoms. The third-order valence-corrected chi connectivity index (χ3v) is 6.84. The molecule has 2 saturated heterocycles. The van der Waals surface area contributed by atoms with Crippen LogP contribution in [0.15, 0.2) is 28.0 Å². The van der Waals surface area contributed by atoms with E-state index in [9.17, 15) is 9.59 Å². The number of anilines is 1. The van der Waals surface area contributed by atoms with Gasteiger partial charge in [-0.05, 0) is 38.0 Å². The fourth-order valence-corrected chi connectivity index (χ4v) is 5.06. The van der Waals surface area contributed by atoms with Crippen molar-refractivity contribution in [1.29, 1.82) is 0 Å². The molecule has 0 unspecified atom stereocenters. The van der Waals surface area contributed by atoms with Gasteiger partial charge in [-0.1, -0.05) is 37.0 Å². The van der Waals surface area contributed by atoms with E-state index in [-0.39, 0.29) is 17.5 Å². The SMILES string of the molecule is CC[C@H](C)N1C(=O)/C(=C/c2c(N3CCOCC3)nc3c(C)cccn3c2=O)SC1=S. The summed E-state index contributed by atoms with van der Waals surface area (Å²) in [4.78, 5) is 35.5. The lowest BCUT2D eigenvalue weighted by Crippen LogP contribution is -2.39. The predicted molar refractivity (Wildman–Crippen MR) is 124 cm³/mol. The minimum atomic E-state index is -0.195. The van der Waals surface area contributed by atoms with Crippen LogP contribution in [0.25, 0.3) is 11.7 Å². The number of thioether (sulfide) groups is 1. The van der Waals surface area contributed by atoms with Gasteiger partial charge in [0.05, 0.1) is 23.7 Å². The number of hydrogen-bond acceptors (Lipinski definition) is 7. The number of ether oxygens (including phenoxy) is 1. The largest absolute Gasteiger partial charge is 0.378 e. The van der Waals surface area contributed by atoms with E-state index >= 15 is 0 Å². The van der Waals surface area contributed by atoms with Crippen molar-refractivity contribution in [1.82, 2.24) is 14.3 Å². The molecule has 9 heteroatoms. The highest BCUT2D eigenvalue weighted by atomic mass is 32.2. The van der Waals surface area contributed by atoms with Crippen LogP contribution in [0.1, 0.15) is 31.4 Å². The number of amides is 1. The van der Waals surface area contributed by atoms with E-state index in [2.05, 4.69) is 4.90 Å². The van der Waals surface area contributed by atoms with E-state index in [0.29, 0.717) is 52.6 Å². The van der Waals surface area contributed by atoms with E-state index in [1.165, 1.54) is 11.8 Å². The summed E-state index contributed by atoms with van der Waals surface area (Å²) in [6.07, 6.45) is 4.18. The first-order valence-corrected chi connectivity index (χ1v) is 11.3. The Morgan fingerprint density at radius 2 is 2.07 bits per heavy atom. The monoisotopic (exact) mass is 444 g/mol. The van der Waals surface area contributed by atoms with Crippen LogP contribution in [0.2, 0.25) is 0 Å². The number of carbonyl (C=O) groups is 1. The van der Waals surface area contributed by atoms with Crippen LogP contribution in [0.3, 0.4) is 0 Å². The topological polar surface area (TPSA) is 67.2 Å². The number of morpholine rings is 1. The molecule has 0 aromatic carbocycles. The third-order valence-electron chi connectivity index (χ3n) is 5.51. The molecular weight excluding hydrogens is 420 g/mol. The number of nitrogens with zero attached hydrogens (tertiary/aromatic N) is 4. The molecule has 0 aliphatic carbocycles. The first-order valence-electron chi connectivity index (χ1n) is 10.0. The average molecular weight is 445 g/mol. The summed E-state index contributed by atoms with van der Waals surface area (Å²) in [7, 11) is 0. The molecule has 4 heterocycles. The Morgan fingerprint density at radius 3 is 2.77 bits per heavy atom. The quantitative estimate of drug-likeness (QED) is 0.531. The third kappa shape index (κ3) is 3.66. The molecule has 0 bridgehead atoms. The van der Waals surface area contributed by atoms with Gasteiger partial charge in [0, 0.05) is 25.3 Å². The second-order valence-corrected chi connectivity index (χ2v) is 9.12. The minimum absolute atomic E-state index is 0.0144. The summed E-state index contributed by atoms with van der Waals surface area (Å²) in [5.74, 6) is 0.437. The van der Waals surface area contributed by atoms with Gasteiger partial charge in [0.1, 0.15) is 15.8 Å². The maximum absolute atomic E-state index is 13.4. The van der Waals surface area contributed by atoms with Crippen molar-refractivity contribution in [3.63, 3.8) is 0 Å². The molecule has 2 aromatic heterocycles. The molecule has 1 amide bonds. The van der Waals surface area contributed by atoms with Crippen molar-refractivity contribution in [2.24, 2.45) is 0 Å². The summed E-state index contributed by atoms with van der Waals surface area (Å²) in [5, 5.41) is 0. The second kappa shape index (κ2) is 8.49. The zero-order valence-corrected chi connectivity index (χ0v) is 18.9. The highest BCUT2D eigenvalue weighted by Gasteiger charge is 2.35. The van der Waals surface area contributed by atoms with Crippen LogP contribution >= 0.6 is 24.0 Å². The lowest BCUT2D eigenvalue weighted by Gasteiger charge is -2.29. The van der Waals surface area contributed by atoms with Crippen molar-refractivity contribution >= 4 is 51.7 Å².